The number of alkyl halides is 3. The monoisotopic (exact) mass is 636 g/mol. The van der Waals surface area contributed by atoms with E-state index in [0.29, 0.717) is 21.6 Å². The number of pyridine rings is 2. The van der Waals surface area contributed by atoms with Gasteiger partial charge >= 0.3 is 6.18 Å². The molecule has 43 heavy (non-hydrogen) atoms. The van der Waals surface area contributed by atoms with Crippen molar-refractivity contribution < 1.29 is 37.0 Å². The number of nitrogens with one attached hydrogen (secondary N) is 1. The summed E-state index contributed by atoms with van der Waals surface area (Å²) in [5, 5.41) is 14.0. The first-order chi connectivity index (χ1) is 20.0. The second-order valence-corrected chi connectivity index (χ2v) is 11.2. The molecule has 0 fully saturated rings. The fourth-order valence-corrected chi connectivity index (χ4v) is 5.12. The van der Waals surface area contributed by atoms with Gasteiger partial charge < -0.3 is 20.9 Å². The normalized spacial score (nSPS) is 17.7. The van der Waals surface area contributed by atoms with Crippen LogP contribution < -0.4 is 15.8 Å². The number of hydrogen-bond acceptors (Lipinski definition) is 6. The van der Waals surface area contributed by atoms with E-state index in [4.69, 9.17) is 33.7 Å². The molecule has 3 heterocycles. The predicted octanol–water partition coefficient (Wildman–Crippen LogP) is 5.37. The zero-order chi connectivity index (χ0) is 31.5. The minimum Gasteiger partial charge on any atom is -0.489 e. The molecule has 1 aliphatic heterocycles. The number of fused-ring (bicyclic) bond motifs is 2. The van der Waals surface area contributed by atoms with Crippen molar-refractivity contribution in [3.05, 3.63) is 86.9 Å². The first kappa shape index (κ1) is 30.5. The molecule has 5 rings (SSSR count). The van der Waals surface area contributed by atoms with Crippen molar-refractivity contribution in [2.24, 2.45) is 5.73 Å². The van der Waals surface area contributed by atoms with Crippen molar-refractivity contribution in [1.82, 2.24) is 15.3 Å². The van der Waals surface area contributed by atoms with Crippen LogP contribution in [0.1, 0.15) is 34.2 Å². The number of primary amides is 1. The average Bonchev–Trinajstić information content (AvgIpc) is 3.29. The number of nitrogens with zero attached hydrogens (tertiary/aromatic N) is 2. The van der Waals surface area contributed by atoms with Crippen LogP contribution in [0.3, 0.4) is 0 Å². The number of ether oxygens (including phenoxy) is 1. The van der Waals surface area contributed by atoms with Crippen LogP contribution in [-0.2, 0) is 15.8 Å². The van der Waals surface area contributed by atoms with E-state index >= 15 is 0 Å². The fraction of sp³-hybridized carbons (Fsp3) is 0.241. The van der Waals surface area contributed by atoms with E-state index in [0.717, 1.165) is 18.2 Å². The summed E-state index contributed by atoms with van der Waals surface area (Å²) < 4.78 is 63.2. The summed E-state index contributed by atoms with van der Waals surface area (Å²) in [6.07, 6.45) is -5.37. The second kappa shape index (κ2) is 10.6. The molecule has 4 N–H and O–H groups in total. The zero-order valence-electron chi connectivity index (χ0n) is 22.4. The van der Waals surface area contributed by atoms with Gasteiger partial charge in [-0.1, -0.05) is 23.2 Å². The molecule has 0 bridgehead atoms. The Balaban J connectivity index is 1.58. The number of aliphatic hydroxyl groups is 1. The molecule has 2 aromatic heterocycles. The number of rotatable bonds is 6. The lowest BCUT2D eigenvalue weighted by molar-refractivity contribution is -0.265. The van der Waals surface area contributed by atoms with Crippen LogP contribution in [0.4, 0.5) is 17.6 Å². The van der Waals surface area contributed by atoms with Crippen LogP contribution in [0.25, 0.3) is 22.2 Å². The number of carbonyl (C=O) groups is 2. The number of halogens is 6. The number of nitrogens with two attached hydrogens (primary N) is 1. The lowest BCUT2D eigenvalue weighted by atomic mass is 9.81. The number of benzene rings is 2. The van der Waals surface area contributed by atoms with Gasteiger partial charge in [0.1, 0.15) is 29.3 Å². The van der Waals surface area contributed by atoms with E-state index in [1.165, 1.54) is 37.3 Å². The van der Waals surface area contributed by atoms with Crippen molar-refractivity contribution >= 4 is 45.9 Å². The molecule has 224 valence electrons. The van der Waals surface area contributed by atoms with E-state index in [2.05, 4.69) is 15.3 Å². The summed E-state index contributed by atoms with van der Waals surface area (Å²) >= 11 is 12.4. The smallest absolute Gasteiger partial charge is 0.424 e. The van der Waals surface area contributed by atoms with Crippen LogP contribution in [-0.4, -0.2) is 46.2 Å². The third-order valence-electron chi connectivity index (χ3n) is 7.39. The van der Waals surface area contributed by atoms with Crippen molar-refractivity contribution in [3.8, 4) is 17.0 Å². The third-order valence-corrected chi connectivity index (χ3v) is 8.06. The van der Waals surface area contributed by atoms with Gasteiger partial charge in [-0.3, -0.25) is 14.6 Å². The lowest BCUT2D eigenvalue weighted by Gasteiger charge is -2.31. The molecule has 1 aliphatic rings. The van der Waals surface area contributed by atoms with Crippen LogP contribution in [0.15, 0.2) is 48.5 Å². The van der Waals surface area contributed by atoms with Gasteiger partial charge in [-0.15, -0.1) is 0 Å². The highest BCUT2D eigenvalue weighted by Gasteiger charge is 2.57. The van der Waals surface area contributed by atoms with Gasteiger partial charge in [-0.2, -0.15) is 13.2 Å². The SMILES string of the molecule is Cc1nc2c(Cl)cc(C(=O)NCC(O)(c3cc4c(c(-c5ccc(F)cc5)n3)OC[C@]4(C)C(N)=O)C(F)(F)F)cc2cc1Cl. The van der Waals surface area contributed by atoms with Gasteiger partial charge in [0.05, 0.1) is 33.5 Å². The molecule has 0 radical (unpaired) electrons. The molecule has 0 saturated heterocycles. The van der Waals surface area contributed by atoms with Crippen molar-refractivity contribution in [1.29, 1.82) is 0 Å². The Morgan fingerprint density at radius 1 is 1.09 bits per heavy atom. The Bertz CT molecular complexity index is 1800. The van der Waals surface area contributed by atoms with Gasteiger partial charge in [0.25, 0.3) is 5.91 Å². The lowest BCUT2D eigenvalue weighted by Crippen LogP contribution is -2.51. The molecule has 2 atom stereocenters. The van der Waals surface area contributed by atoms with Crippen LogP contribution in [0.5, 0.6) is 5.75 Å². The molecular weight excluding hydrogens is 615 g/mol. The summed E-state index contributed by atoms with van der Waals surface area (Å²) in [7, 11) is 0. The largest absolute Gasteiger partial charge is 0.489 e. The van der Waals surface area contributed by atoms with Crippen molar-refractivity contribution in [2.75, 3.05) is 13.2 Å². The average molecular weight is 637 g/mol. The quantitative estimate of drug-likeness (QED) is 0.244. The Labute approximate surface area is 251 Å². The number of aromatic nitrogens is 2. The molecule has 2 amide bonds. The summed E-state index contributed by atoms with van der Waals surface area (Å²) in [6.45, 7) is 1.35. The van der Waals surface area contributed by atoms with Crippen LogP contribution in [0, 0.1) is 12.7 Å². The first-order valence-corrected chi connectivity index (χ1v) is 13.4. The second-order valence-electron chi connectivity index (χ2n) is 10.4. The number of aryl methyl sites for hydroxylation is 1. The zero-order valence-corrected chi connectivity index (χ0v) is 24.0. The van der Waals surface area contributed by atoms with E-state index in [1.54, 1.807) is 6.92 Å². The number of carbonyl (C=O) groups excluding carboxylic acids is 2. The highest BCUT2D eigenvalue weighted by Crippen LogP contribution is 2.47. The molecule has 0 aliphatic carbocycles. The third kappa shape index (κ3) is 5.23. The summed E-state index contributed by atoms with van der Waals surface area (Å²) in [5.74, 6) is -2.54. The van der Waals surface area contributed by atoms with Gasteiger partial charge in [0, 0.05) is 22.1 Å². The number of hydrogen-bond donors (Lipinski definition) is 3. The van der Waals surface area contributed by atoms with Gasteiger partial charge in [0.2, 0.25) is 11.5 Å². The Morgan fingerprint density at radius 2 is 1.77 bits per heavy atom. The Hall–Kier alpha value is -4.00. The predicted molar refractivity (Wildman–Crippen MR) is 150 cm³/mol. The van der Waals surface area contributed by atoms with E-state index in [9.17, 15) is 32.3 Å². The molecule has 0 spiro atoms. The standard InChI is InChI=1S/C29H22Cl2F4N4O4/c1-13-19(30)8-15-7-16(9-20(31)22(15)38-13)25(40)37-11-28(42,29(33,34)35)21-10-18-24(43-12-27(18,2)26(36)41)23(39-21)14-3-5-17(32)6-4-14/h3-10,42H,11-12H2,1-2H3,(H2,36,41)(H,37,40)/t27-,28?/m0/s1. The topological polar surface area (TPSA) is 127 Å². The maximum atomic E-state index is 14.6. The summed E-state index contributed by atoms with van der Waals surface area (Å²) in [4.78, 5) is 33.8. The Kier molecular flexibility index (Phi) is 7.52. The van der Waals surface area contributed by atoms with Gasteiger partial charge in [-0.25, -0.2) is 9.37 Å². The fourth-order valence-electron chi connectivity index (χ4n) is 4.69. The molecule has 2 aromatic carbocycles. The number of amides is 2. The van der Waals surface area contributed by atoms with E-state index in [-0.39, 0.29) is 39.8 Å². The van der Waals surface area contributed by atoms with Crippen molar-refractivity contribution in [2.45, 2.75) is 31.0 Å². The maximum Gasteiger partial charge on any atom is 0.424 e. The van der Waals surface area contributed by atoms with E-state index < -0.39 is 47.1 Å². The molecule has 4 aromatic rings. The molecule has 8 nitrogen and oxygen atoms in total. The van der Waals surface area contributed by atoms with Crippen LogP contribution >= 0.6 is 23.2 Å². The Morgan fingerprint density at radius 3 is 2.40 bits per heavy atom. The minimum atomic E-state index is -5.37. The minimum absolute atomic E-state index is 0.0430. The molecular formula is C29H22Cl2F4N4O4. The maximum absolute atomic E-state index is 14.6. The first-order valence-electron chi connectivity index (χ1n) is 12.6. The summed E-state index contributed by atoms with van der Waals surface area (Å²) in [5.41, 5.74) is -0.0860. The van der Waals surface area contributed by atoms with E-state index in [1.807, 2.05) is 0 Å². The van der Waals surface area contributed by atoms with Crippen LogP contribution in [0.2, 0.25) is 10.0 Å². The molecule has 1 unspecified atom stereocenters. The highest BCUT2D eigenvalue weighted by molar-refractivity contribution is 6.36. The van der Waals surface area contributed by atoms with Gasteiger partial charge in [-0.05, 0) is 62.4 Å². The molecule has 0 saturated carbocycles. The summed E-state index contributed by atoms with van der Waals surface area (Å²) in [6, 6.07) is 9.59. The highest BCUT2D eigenvalue weighted by atomic mass is 35.5. The van der Waals surface area contributed by atoms with Gasteiger partial charge in [0.15, 0.2) is 0 Å². The molecule has 14 heteroatoms. The van der Waals surface area contributed by atoms with Crippen molar-refractivity contribution in [3.63, 3.8) is 0 Å².